The van der Waals surface area contributed by atoms with Crippen molar-refractivity contribution in [1.29, 1.82) is 0 Å². The summed E-state index contributed by atoms with van der Waals surface area (Å²) >= 11 is 0. The molecule has 1 saturated carbocycles. The second-order valence-corrected chi connectivity index (χ2v) is 6.06. The maximum atomic E-state index is 12.1. The fourth-order valence-electron chi connectivity index (χ4n) is 3.15. The highest BCUT2D eigenvalue weighted by molar-refractivity contribution is 5.96. The summed E-state index contributed by atoms with van der Waals surface area (Å²) in [5.41, 5.74) is 3.00. The van der Waals surface area contributed by atoms with Crippen molar-refractivity contribution in [1.82, 2.24) is 4.98 Å². The number of carbonyl (C=O) groups is 2. The lowest BCUT2D eigenvalue weighted by Gasteiger charge is -2.19. The van der Waals surface area contributed by atoms with Crippen LogP contribution in [0.15, 0.2) is 42.5 Å². The summed E-state index contributed by atoms with van der Waals surface area (Å²) in [6.07, 6.45) is 4.68. The van der Waals surface area contributed by atoms with Crippen LogP contribution >= 0.6 is 0 Å². The van der Waals surface area contributed by atoms with Gasteiger partial charge in [0.15, 0.2) is 5.78 Å². The number of ketones is 2. The van der Waals surface area contributed by atoms with E-state index in [1.165, 1.54) is 0 Å². The topological polar surface area (TPSA) is 49.9 Å². The molecular weight excluding hydrogens is 274 g/mol. The van der Waals surface area contributed by atoms with Crippen LogP contribution in [0.4, 0.5) is 0 Å². The van der Waals surface area contributed by atoms with Gasteiger partial charge >= 0.3 is 0 Å². The quantitative estimate of drug-likeness (QED) is 0.846. The van der Waals surface area contributed by atoms with E-state index in [-0.39, 0.29) is 5.78 Å². The van der Waals surface area contributed by atoms with E-state index in [1.54, 1.807) is 0 Å². The molecule has 3 heteroatoms. The molecule has 0 bridgehead atoms. The summed E-state index contributed by atoms with van der Waals surface area (Å²) in [6, 6.07) is 13.5. The van der Waals surface area contributed by atoms with Gasteiger partial charge in [0.05, 0.1) is 0 Å². The van der Waals surface area contributed by atoms with Crippen molar-refractivity contribution < 1.29 is 9.59 Å². The average molecular weight is 295 g/mol. The summed E-state index contributed by atoms with van der Waals surface area (Å²) in [7, 11) is 0. The van der Waals surface area contributed by atoms with Gasteiger partial charge in [0, 0.05) is 42.1 Å². The molecule has 1 aliphatic rings. The Morgan fingerprint density at radius 2 is 1.95 bits per heavy atom. The minimum atomic E-state index is 0.171. The summed E-state index contributed by atoms with van der Waals surface area (Å²) < 4.78 is 0. The number of aryl methyl sites for hydroxylation is 1. The molecule has 1 N–H and O–H groups in total. The first kappa shape index (κ1) is 14.8. The van der Waals surface area contributed by atoms with Crippen molar-refractivity contribution in [3.63, 3.8) is 0 Å². The van der Waals surface area contributed by atoms with Crippen LogP contribution in [0.3, 0.4) is 0 Å². The third kappa shape index (κ3) is 3.53. The zero-order valence-corrected chi connectivity index (χ0v) is 12.7. The molecule has 1 fully saturated rings. The molecule has 0 radical (unpaired) electrons. The molecule has 1 aromatic carbocycles. The summed E-state index contributed by atoms with van der Waals surface area (Å²) in [5.74, 6) is 0.871. The standard InChI is InChI=1S/C19H21NO2/c21-17-8-4-7-15(13-17)18-11-9-16(20-18)10-12-19(22)14-5-2-1-3-6-14/h1-3,5-6,9,11,15,20H,4,7-8,10,12-13H2. The number of benzene rings is 1. The Morgan fingerprint density at radius 3 is 2.73 bits per heavy atom. The fourth-order valence-corrected chi connectivity index (χ4v) is 3.15. The van der Waals surface area contributed by atoms with Gasteiger partial charge in [-0.15, -0.1) is 0 Å². The van der Waals surface area contributed by atoms with Gasteiger partial charge in [0.1, 0.15) is 5.78 Å². The Labute approximate surface area is 130 Å². The number of nitrogens with one attached hydrogen (secondary N) is 1. The lowest BCUT2D eigenvalue weighted by atomic mass is 9.86. The van der Waals surface area contributed by atoms with Gasteiger partial charge < -0.3 is 4.98 Å². The van der Waals surface area contributed by atoms with E-state index in [0.717, 1.165) is 36.2 Å². The first-order chi connectivity index (χ1) is 10.7. The Kier molecular flexibility index (Phi) is 4.52. The first-order valence-electron chi connectivity index (χ1n) is 8.00. The van der Waals surface area contributed by atoms with Crippen LogP contribution in [0.25, 0.3) is 0 Å². The lowest BCUT2D eigenvalue weighted by molar-refractivity contribution is -0.120. The van der Waals surface area contributed by atoms with E-state index in [2.05, 4.69) is 11.1 Å². The van der Waals surface area contributed by atoms with Crippen LogP contribution in [0.2, 0.25) is 0 Å². The van der Waals surface area contributed by atoms with Crippen molar-refractivity contribution in [2.45, 2.75) is 44.4 Å². The minimum Gasteiger partial charge on any atom is -0.362 e. The smallest absolute Gasteiger partial charge is 0.163 e. The molecular formula is C19H21NO2. The van der Waals surface area contributed by atoms with E-state index in [0.29, 0.717) is 31.0 Å². The van der Waals surface area contributed by atoms with Crippen molar-refractivity contribution in [3.05, 3.63) is 59.4 Å². The molecule has 0 aliphatic heterocycles. The second kappa shape index (κ2) is 6.73. The fraction of sp³-hybridized carbons (Fsp3) is 0.368. The zero-order chi connectivity index (χ0) is 15.4. The van der Waals surface area contributed by atoms with Crippen LogP contribution in [-0.2, 0) is 11.2 Å². The van der Waals surface area contributed by atoms with E-state index < -0.39 is 0 Å². The molecule has 1 aromatic heterocycles. The highest BCUT2D eigenvalue weighted by atomic mass is 16.1. The number of aromatic nitrogens is 1. The van der Waals surface area contributed by atoms with Crippen molar-refractivity contribution >= 4 is 11.6 Å². The number of hydrogen-bond acceptors (Lipinski definition) is 2. The molecule has 1 aliphatic carbocycles. The SMILES string of the molecule is O=C1CCCC(c2ccc(CCC(=O)c3ccccc3)[nH]2)C1. The number of Topliss-reactive ketones (excluding diaryl/α,β-unsaturated/α-hetero) is 2. The van der Waals surface area contributed by atoms with Crippen molar-refractivity contribution in [3.8, 4) is 0 Å². The number of rotatable bonds is 5. The molecule has 3 nitrogen and oxygen atoms in total. The molecule has 1 unspecified atom stereocenters. The van der Waals surface area contributed by atoms with Gasteiger partial charge in [-0.1, -0.05) is 30.3 Å². The van der Waals surface area contributed by atoms with Gasteiger partial charge in [-0.05, 0) is 31.4 Å². The first-order valence-corrected chi connectivity index (χ1v) is 8.00. The maximum absolute atomic E-state index is 12.1. The molecule has 1 atom stereocenters. The highest BCUT2D eigenvalue weighted by Gasteiger charge is 2.22. The molecule has 114 valence electrons. The predicted molar refractivity (Wildman–Crippen MR) is 86.1 cm³/mol. The molecule has 3 rings (SSSR count). The molecule has 0 spiro atoms. The summed E-state index contributed by atoms with van der Waals surface area (Å²) in [4.78, 5) is 27.1. The molecule has 1 heterocycles. The normalized spacial score (nSPS) is 18.4. The Morgan fingerprint density at radius 1 is 1.14 bits per heavy atom. The van der Waals surface area contributed by atoms with Gasteiger partial charge in [0.25, 0.3) is 0 Å². The molecule has 22 heavy (non-hydrogen) atoms. The summed E-state index contributed by atoms with van der Waals surface area (Å²) in [6.45, 7) is 0. The van der Waals surface area contributed by atoms with Crippen LogP contribution in [-0.4, -0.2) is 16.6 Å². The molecule has 0 saturated heterocycles. The third-order valence-electron chi connectivity index (χ3n) is 4.41. The zero-order valence-electron chi connectivity index (χ0n) is 12.7. The van der Waals surface area contributed by atoms with E-state index in [9.17, 15) is 9.59 Å². The number of H-pyrrole nitrogens is 1. The van der Waals surface area contributed by atoms with Gasteiger partial charge in [0.2, 0.25) is 0 Å². The van der Waals surface area contributed by atoms with Gasteiger partial charge in [-0.2, -0.15) is 0 Å². The average Bonchev–Trinajstić information content (AvgIpc) is 3.02. The van der Waals surface area contributed by atoms with Gasteiger partial charge in [-0.3, -0.25) is 9.59 Å². The predicted octanol–water partition coefficient (Wildman–Crippen LogP) is 4.06. The number of aromatic amines is 1. The number of hydrogen-bond donors (Lipinski definition) is 1. The third-order valence-corrected chi connectivity index (χ3v) is 4.41. The van der Waals surface area contributed by atoms with E-state index in [4.69, 9.17) is 0 Å². The lowest BCUT2D eigenvalue weighted by Crippen LogP contribution is -2.13. The Bertz CT molecular complexity index is 657. The molecule has 2 aromatic rings. The van der Waals surface area contributed by atoms with E-state index in [1.807, 2.05) is 36.4 Å². The number of carbonyl (C=O) groups excluding carboxylic acids is 2. The minimum absolute atomic E-state index is 0.171. The van der Waals surface area contributed by atoms with Crippen molar-refractivity contribution in [2.24, 2.45) is 0 Å². The monoisotopic (exact) mass is 295 g/mol. The second-order valence-electron chi connectivity index (χ2n) is 6.06. The largest absolute Gasteiger partial charge is 0.362 e. The van der Waals surface area contributed by atoms with Crippen molar-refractivity contribution in [2.75, 3.05) is 0 Å². The highest BCUT2D eigenvalue weighted by Crippen LogP contribution is 2.30. The maximum Gasteiger partial charge on any atom is 0.163 e. The Balaban J connectivity index is 1.58. The van der Waals surface area contributed by atoms with Crippen LogP contribution in [0.5, 0.6) is 0 Å². The Hall–Kier alpha value is -2.16. The summed E-state index contributed by atoms with van der Waals surface area (Å²) in [5, 5.41) is 0. The van der Waals surface area contributed by atoms with Crippen LogP contribution in [0.1, 0.15) is 59.8 Å². The molecule has 0 amide bonds. The van der Waals surface area contributed by atoms with Gasteiger partial charge in [-0.25, -0.2) is 0 Å². The van der Waals surface area contributed by atoms with Crippen LogP contribution in [0, 0.1) is 0 Å². The van der Waals surface area contributed by atoms with E-state index >= 15 is 0 Å². The van der Waals surface area contributed by atoms with Crippen LogP contribution < -0.4 is 0 Å².